The number of aryl methyl sites for hydroxylation is 1. The molecule has 2 N–H and O–H groups in total. The number of rotatable bonds is 7. The van der Waals surface area contributed by atoms with Crippen molar-refractivity contribution >= 4 is 22.9 Å². The molecule has 1 fully saturated rings. The minimum Gasteiger partial charge on any atom is -0.380 e. The molecule has 0 spiro atoms. The molecular weight excluding hydrogens is 336 g/mol. The van der Waals surface area contributed by atoms with Gasteiger partial charge in [0.25, 0.3) is 5.91 Å². The van der Waals surface area contributed by atoms with E-state index in [2.05, 4.69) is 29.0 Å². The lowest BCUT2D eigenvalue weighted by Gasteiger charge is -2.19. The SMILES string of the molecule is CCO[C@@H]1COC[C@H]1NC(=O)c1ccc(NCc2sccc2C)cc1. The molecule has 2 heterocycles. The minimum absolute atomic E-state index is 0.0658. The van der Waals surface area contributed by atoms with E-state index >= 15 is 0 Å². The molecule has 2 atom stereocenters. The second-order valence-corrected chi connectivity index (χ2v) is 7.07. The number of carbonyl (C=O) groups is 1. The van der Waals surface area contributed by atoms with Crippen LogP contribution in [0.1, 0.15) is 27.7 Å². The first kappa shape index (κ1) is 17.9. The van der Waals surface area contributed by atoms with Crippen molar-refractivity contribution < 1.29 is 14.3 Å². The van der Waals surface area contributed by atoms with E-state index in [1.165, 1.54) is 10.4 Å². The highest BCUT2D eigenvalue weighted by molar-refractivity contribution is 7.10. The van der Waals surface area contributed by atoms with E-state index in [1.807, 2.05) is 31.2 Å². The quantitative estimate of drug-likeness (QED) is 0.796. The highest BCUT2D eigenvalue weighted by Gasteiger charge is 2.30. The molecule has 1 aromatic carbocycles. The Hall–Kier alpha value is -1.89. The predicted molar refractivity (Wildman–Crippen MR) is 100 cm³/mol. The fraction of sp³-hybridized carbons (Fsp3) is 0.421. The smallest absolute Gasteiger partial charge is 0.251 e. The molecule has 1 aliphatic rings. The third-order valence-electron chi connectivity index (χ3n) is 4.29. The van der Waals surface area contributed by atoms with Gasteiger partial charge in [0, 0.05) is 29.3 Å². The van der Waals surface area contributed by atoms with E-state index in [4.69, 9.17) is 9.47 Å². The zero-order valence-electron chi connectivity index (χ0n) is 14.6. The average molecular weight is 360 g/mol. The van der Waals surface area contributed by atoms with E-state index in [0.29, 0.717) is 25.4 Å². The van der Waals surface area contributed by atoms with E-state index in [0.717, 1.165) is 12.2 Å². The summed E-state index contributed by atoms with van der Waals surface area (Å²) >= 11 is 1.75. The third-order valence-corrected chi connectivity index (χ3v) is 5.32. The summed E-state index contributed by atoms with van der Waals surface area (Å²) in [7, 11) is 0. The minimum atomic E-state index is -0.0964. The average Bonchev–Trinajstić information content (AvgIpc) is 3.23. The Bertz CT molecular complexity index is 699. The van der Waals surface area contributed by atoms with Gasteiger partial charge in [0.05, 0.1) is 19.3 Å². The largest absolute Gasteiger partial charge is 0.380 e. The lowest BCUT2D eigenvalue weighted by Crippen LogP contribution is -2.43. The first-order chi connectivity index (χ1) is 12.2. The Morgan fingerprint density at radius 1 is 1.28 bits per heavy atom. The normalized spacial score (nSPS) is 19.8. The van der Waals surface area contributed by atoms with Gasteiger partial charge in [-0.2, -0.15) is 0 Å². The molecule has 0 radical (unpaired) electrons. The zero-order valence-corrected chi connectivity index (χ0v) is 15.4. The summed E-state index contributed by atoms with van der Waals surface area (Å²) in [5.74, 6) is -0.0964. The molecule has 3 rings (SSSR count). The van der Waals surface area contributed by atoms with Gasteiger partial charge in [0.1, 0.15) is 6.10 Å². The summed E-state index contributed by atoms with van der Waals surface area (Å²) in [5.41, 5.74) is 2.94. The molecule has 2 aromatic rings. The van der Waals surface area contributed by atoms with Crippen LogP contribution in [-0.4, -0.2) is 37.9 Å². The van der Waals surface area contributed by atoms with E-state index in [-0.39, 0.29) is 18.1 Å². The van der Waals surface area contributed by atoms with Gasteiger partial charge in [0.2, 0.25) is 0 Å². The third kappa shape index (κ3) is 4.60. The monoisotopic (exact) mass is 360 g/mol. The molecule has 1 amide bonds. The van der Waals surface area contributed by atoms with Gasteiger partial charge >= 0.3 is 0 Å². The zero-order chi connectivity index (χ0) is 17.6. The van der Waals surface area contributed by atoms with Crippen molar-refractivity contribution in [3.63, 3.8) is 0 Å². The maximum atomic E-state index is 12.4. The first-order valence-corrected chi connectivity index (χ1v) is 9.42. The number of ether oxygens (including phenoxy) is 2. The maximum absolute atomic E-state index is 12.4. The summed E-state index contributed by atoms with van der Waals surface area (Å²) in [6.45, 7) is 6.50. The van der Waals surface area contributed by atoms with Crippen molar-refractivity contribution in [2.75, 3.05) is 25.1 Å². The molecule has 0 saturated carbocycles. The standard InChI is InChI=1S/C19H24N2O3S/c1-3-24-17-12-23-11-16(17)21-19(22)14-4-6-15(7-5-14)20-10-18-13(2)8-9-25-18/h4-9,16-17,20H,3,10-12H2,1-2H3,(H,21,22)/t16-,17-/m1/s1. The number of thiophene rings is 1. The Morgan fingerprint density at radius 2 is 2.08 bits per heavy atom. The summed E-state index contributed by atoms with van der Waals surface area (Å²) in [4.78, 5) is 13.7. The fourth-order valence-corrected chi connectivity index (χ4v) is 3.65. The molecule has 25 heavy (non-hydrogen) atoms. The summed E-state index contributed by atoms with van der Waals surface area (Å²) in [6, 6.07) is 9.57. The number of carbonyl (C=O) groups excluding carboxylic acids is 1. The van der Waals surface area contributed by atoms with Crippen LogP contribution in [-0.2, 0) is 16.0 Å². The number of amides is 1. The van der Waals surface area contributed by atoms with Crippen LogP contribution in [0.4, 0.5) is 5.69 Å². The van der Waals surface area contributed by atoms with Crippen molar-refractivity contribution in [2.45, 2.75) is 32.5 Å². The van der Waals surface area contributed by atoms with Crippen LogP contribution in [0.15, 0.2) is 35.7 Å². The van der Waals surface area contributed by atoms with Gasteiger partial charge in [-0.05, 0) is 55.1 Å². The fourth-order valence-electron chi connectivity index (χ4n) is 2.81. The number of hydrogen-bond acceptors (Lipinski definition) is 5. The van der Waals surface area contributed by atoms with Gasteiger partial charge in [-0.3, -0.25) is 4.79 Å². The van der Waals surface area contributed by atoms with Crippen LogP contribution >= 0.6 is 11.3 Å². The molecule has 5 nitrogen and oxygen atoms in total. The Balaban J connectivity index is 1.54. The van der Waals surface area contributed by atoms with Crippen LogP contribution in [0.3, 0.4) is 0 Å². The number of benzene rings is 1. The highest BCUT2D eigenvalue weighted by Crippen LogP contribution is 2.18. The van der Waals surface area contributed by atoms with E-state index in [1.54, 1.807) is 11.3 Å². The molecule has 1 saturated heterocycles. The van der Waals surface area contributed by atoms with Crippen LogP contribution < -0.4 is 10.6 Å². The number of nitrogens with one attached hydrogen (secondary N) is 2. The predicted octanol–water partition coefficient (Wildman–Crippen LogP) is 3.20. The lowest BCUT2D eigenvalue weighted by molar-refractivity contribution is 0.0402. The Kier molecular flexibility index (Phi) is 6.07. The summed E-state index contributed by atoms with van der Waals surface area (Å²) in [6.07, 6.45) is -0.0658. The molecule has 0 aliphatic carbocycles. The van der Waals surface area contributed by atoms with E-state index in [9.17, 15) is 4.79 Å². The molecule has 1 aliphatic heterocycles. The van der Waals surface area contributed by atoms with Gasteiger partial charge in [-0.15, -0.1) is 11.3 Å². The second-order valence-electron chi connectivity index (χ2n) is 6.07. The number of anilines is 1. The second kappa shape index (κ2) is 8.47. The molecule has 134 valence electrons. The lowest BCUT2D eigenvalue weighted by atomic mass is 10.1. The van der Waals surface area contributed by atoms with Gasteiger partial charge < -0.3 is 20.1 Å². The Morgan fingerprint density at radius 3 is 2.76 bits per heavy atom. The molecule has 0 unspecified atom stereocenters. The van der Waals surface area contributed by atoms with Crippen LogP contribution in [0.2, 0.25) is 0 Å². The molecule has 1 aromatic heterocycles. The van der Waals surface area contributed by atoms with Crippen LogP contribution in [0.25, 0.3) is 0 Å². The van der Waals surface area contributed by atoms with E-state index < -0.39 is 0 Å². The van der Waals surface area contributed by atoms with Crippen molar-refractivity contribution in [1.82, 2.24) is 5.32 Å². The van der Waals surface area contributed by atoms with Gasteiger partial charge in [-0.25, -0.2) is 0 Å². The van der Waals surface area contributed by atoms with Crippen molar-refractivity contribution in [2.24, 2.45) is 0 Å². The number of hydrogen-bond donors (Lipinski definition) is 2. The van der Waals surface area contributed by atoms with Crippen LogP contribution in [0, 0.1) is 6.92 Å². The topological polar surface area (TPSA) is 59.6 Å². The van der Waals surface area contributed by atoms with Crippen molar-refractivity contribution in [3.05, 3.63) is 51.7 Å². The van der Waals surface area contributed by atoms with Gasteiger partial charge in [0.15, 0.2) is 0 Å². The molecular formula is C19H24N2O3S. The van der Waals surface area contributed by atoms with Crippen molar-refractivity contribution in [3.8, 4) is 0 Å². The Labute approximate surface area is 152 Å². The maximum Gasteiger partial charge on any atom is 0.251 e. The molecule has 0 bridgehead atoms. The van der Waals surface area contributed by atoms with Crippen LogP contribution in [0.5, 0.6) is 0 Å². The summed E-state index contributed by atoms with van der Waals surface area (Å²) < 4.78 is 11.0. The van der Waals surface area contributed by atoms with Gasteiger partial charge in [-0.1, -0.05) is 0 Å². The molecule has 6 heteroatoms. The highest BCUT2D eigenvalue weighted by atomic mass is 32.1. The van der Waals surface area contributed by atoms with Crippen molar-refractivity contribution in [1.29, 1.82) is 0 Å². The first-order valence-electron chi connectivity index (χ1n) is 8.54. The summed E-state index contributed by atoms with van der Waals surface area (Å²) in [5, 5.41) is 8.49.